The summed E-state index contributed by atoms with van der Waals surface area (Å²) in [6.45, 7) is 4.09. The molecule has 5 nitrogen and oxygen atoms in total. The molecule has 0 spiro atoms. The number of urea groups is 1. The van der Waals surface area contributed by atoms with E-state index in [1.165, 1.54) is 19.3 Å². The molecule has 2 aliphatic rings. The molecule has 136 valence electrons. The van der Waals surface area contributed by atoms with E-state index in [2.05, 4.69) is 12.2 Å². The van der Waals surface area contributed by atoms with Crippen LogP contribution in [0.4, 0.5) is 4.79 Å². The Bertz CT molecular complexity index is 637. The molecule has 3 rings (SSSR count). The van der Waals surface area contributed by atoms with Crippen molar-refractivity contribution in [3.63, 3.8) is 0 Å². The van der Waals surface area contributed by atoms with E-state index in [0.717, 1.165) is 12.0 Å². The van der Waals surface area contributed by atoms with Crippen LogP contribution in [-0.2, 0) is 11.3 Å². The van der Waals surface area contributed by atoms with Gasteiger partial charge in [0, 0.05) is 30.7 Å². The van der Waals surface area contributed by atoms with E-state index in [-0.39, 0.29) is 24.5 Å². The second-order valence-corrected chi connectivity index (χ2v) is 7.63. The van der Waals surface area contributed by atoms with Crippen molar-refractivity contribution in [2.45, 2.75) is 45.2 Å². The van der Waals surface area contributed by atoms with Crippen molar-refractivity contribution in [2.75, 3.05) is 19.6 Å². The van der Waals surface area contributed by atoms with Crippen LogP contribution in [-0.4, -0.2) is 47.4 Å². The van der Waals surface area contributed by atoms with Gasteiger partial charge >= 0.3 is 6.03 Å². The molecule has 1 saturated heterocycles. The van der Waals surface area contributed by atoms with Gasteiger partial charge in [-0.05, 0) is 36.5 Å². The summed E-state index contributed by atoms with van der Waals surface area (Å²) in [5.74, 6) is 0.475. The Kier molecular flexibility index (Phi) is 5.84. The fourth-order valence-electron chi connectivity index (χ4n) is 3.74. The largest absolute Gasteiger partial charge is 0.352 e. The lowest BCUT2D eigenvalue weighted by Crippen LogP contribution is -2.46. The highest BCUT2D eigenvalue weighted by Crippen LogP contribution is 2.23. The highest BCUT2D eigenvalue weighted by Gasteiger charge is 2.31. The number of amides is 3. The Morgan fingerprint density at radius 1 is 1.24 bits per heavy atom. The van der Waals surface area contributed by atoms with Crippen LogP contribution in [0, 0.1) is 5.92 Å². The molecule has 1 aromatic rings. The predicted molar refractivity (Wildman–Crippen MR) is 98.4 cm³/mol. The Morgan fingerprint density at radius 3 is 2.76 bits per heavy atom. The Morgan fingerprint density at radius 2 is 2.00 bits per heavy atom. The third-order valence-electron chi connectivity index (χ3n) is 5.24. The summed E-state index contributed by atoms with van der Waals surface area (Å²) in [7, 11) is 0. The van der Waals surface area contributed by atoms with E-state index in [9.17, 15) is 9.59 Å². The van der Waals surface area contributed by atoms with Crippen LogP contribution in [0.25, 0.3) is 0 Å². The topological polar surface area (TPSA) is 52.7 Å². The van der Waals surface area contributed by atoms with E-state index >= 15 is 0 Å². The minimum atomic E-state index is -0.0770. The molecule has 6 heteroatoms. The van der Waals surface area contributed by atoms with Crippen molar-refractivity contribution in [1.29, 1.82) is 0 Å². The zero-order chi connectivity index (χ0) is 17.8. The smallest absolute Gasteiger partial charge is 0.320 e. The fourth-order valence-corrected chi connectivity index (χ4v) is 3.95. The maximum Gasteiger partial charge on any atom is 0.320 e. The first-order valence-corrected chi connectivity index (χ1v) is 9.48. The van der Waals surface area contributed by atoms with Gasteiger partial charge in [0.15, 0.2) is 0 Å². The highest BCUT2D eigenvalue weighted by molar-refractivity contribution is 6.30. The quantitative estimate of drug-likeness (QED) is 0.872. The molecule has 0 bridgehead atoms. The van der Waals surface area contributed by atoms with Crippen LogP contribution >= 0.6 is 11.6 Å². The molecule has 1 saturated carbocycles. The third-order valence-corrected chi connectivity index (χ3v) is 5.47. The summed E-state index contributed by atoms with van der Waals surface area (Å²) in [6, 6.07) is 7.70. The van der Waals surface area contributed by atoms with Crippen molar-refractivity contribution < 1.29 is 9.59 Å². The number of hydrogen-bond acceptors (Lipinski definition) is 2. The molecule has 0 unspecified atom stereocenters. The van der Waals surface area contributed by atoms with E-state index in [1.54, 1.807) is 9.80 Å². The average molecular weight is 364 g/mol. The van der Waals surface area contributed by atoms with Crippen LogP contribution in [0.2, 0.25) is 5.02 Å². The maximum atomic E-state index is 12.5. The molecule has 0 aromatic heterocycles. The van der Waals surface area contributed by atoms with Gasteiger partial charge in [-0.3, -0.25) is 4.79 Å². The standard InChI is InChI=1S/C19H26ClN3O2/c1-14-5-2-3-8-17(14)21-18(24)13-23-10-9-22(19(23)25)12-15-6-4-7-16(20)11-15/h4,6-7,11,14,17H,2-3,5,8-10,12-13H2,1H3,(H,21,24)/t14-,17-/m0/s1. The molecule has 1 aromatic carbocycles. The molecule has 1 aliphatic carbocycles. The Labute approximate surface area is 154 Å². The first-order valence-electron chi connectivity index (χ1n) is 9.10. The van der Waals surface area contributed by atoms with Gasteiger partial charge in [0.25, 0.3) is 0 Å². The lowest BCUT2D eigenvalue weighted by molar-refractivity contribution is -0.122. The molecular formula is C19H26ClN3O2. The number of rotatable bonds is 5. The van der Waals surface area contributed by atoms with Crippen LogP contribution in [0.15, 0.2) is 24.3 Å². The minimum Gasteiger partial charge on any atom is -0.352 e. The highest BCUT2D eigenvalue weighted by atomic mass is 35.5. The molecule has 3 amide bonds. The first kappa shape index (κ1) is 18.1. The van der Waals surface area contributed by atoms with Crippen LogP contribution < -0.4 is 5.32 Å². The predicted octanol–water partition coefficient (Wildman–Crippen LogP) is 3.27. The van der Waals surface area contributed by atoms with Gasteiger partial charge in [-0.15, -0.1) is 0 Å². The molecule has 1 heterocycles. The third kappa shape index (κ3) is 4.66. The molecule has 1 N–H and O–H groups in total. The fraction of sp³-hybridized carbons (Fsp3) is 0.579. The van der Waals surface area contributed by atoms with E-state index in [4.69, 9.17) is 11.6 Å². The van der Waals surface area contributed by atoms with Gasteiger partial charge < -0.3 is 15.1 Å². The van der Waals surface area contributed by atoms with Gasteiger partial charge in [0.2, 0.25) is 5.91 Å². The monoisotopic (exact) mass is 363 g/mol. The Balaban J connectivity index is 1.50. The molecular weight excluding hydrogens is 338 g/mol. The molecule has 2 fully saturated rings. The van der Waals surface area contributed by atoms with Gasteiger partial charge in [-0.1, -0.05) is 43.5 Å². The number of carbonyl (C=O) groups is 2. The van der Waals surface area contributed by atoms with Crippen molar-refractivity contribution >= 4 is 23.5 Å². The van der Waals surface area contributed by atoms with Crippen LogP contribution in [0.5, 0.6) is 0 Å². The lowest BCUT2D eigenvalue weighted by Gasteiger charge is -2.30. The zero-order valence-electron chi connectivity index (χ0n) is 14.7. The number of halogens is 1. The normalized spacial score (nSPS) is 23.8. The number of hydrogen-bond donors (Lipinski definition) is 1. The maximum absolute atomic E-state index is 12.5. The number of nitrogens with zero attached hydrogens (tertiary/aromatic N) is 2. The zero-order valence-corrected chi connectivity index (χ0v) is 15.5. The van der Waals surface area contributed by atoms with Crippen molar-refractivity contribution in [3.05, 3.63) is 34.9 Å². The van der Waals surface area contributed by atoms with Gasteiger partial charge in [-0.2, -0.15) is 0 Å². The van der Waals surface area contributed by atoms with Crippen molar-refractivity contribution in [1.82, 2.24) is 15.1 Å². The van der Waals surface area contributed by atoms with Gasteiger partial charge in [0.05, 0.1) is 0 Å². The minimum absolute atomic E-state index is 0.0447. The summed E-state index contributed by atoms with van der Waals surface area (Å²) in [5.41, 5.74) is 1.00. The average Bonchev–Trinajstić information content (AvgIpc) is 2.90. The SMILES string of the molecule is C[C@H]1CCCC[C@@H]1NC(=O)CN1CCN(Cc2cccc(Cl)c2)C1=O. The first-order chi connectivity index (χ1) is 12.0. The summed E-state index contributed by atoms with van der Waals surface area (Å²) < 4.78 is 0. The summed E-state index contributed by atoms with van der Waals surface area (Å²) in [6.07, 6.45) is 4.63. The molecule has 1 aliphatic heterocycles. The summed E-state index contributed by atoms with van der Waals surface area (Å²) >= 11 is 6.00. The van der Waals surface area contributed by atoms with Gasteiger partial charge in [0.1, 0.15) is 6.54 Å². The summed E-state index contributed by atoms with van der Waals surface area (Å²) in [5, 5.41) is 3.79. The number of carbonyl (C=O) groups excluding carboxylic acids is 2. The number of nitrogens with one attached hydrogen (secondary N) is 1. The second-order valence-electron chi connectivity index (χ2n) is 7.19. The lowest BCUT2D eigenvalue weighted by atomic mass is 9.86. The van der Waals surface area contributed by atoms with Crippen LogP contribution in [0.1, 0.15) is 38.2 Å². The Hall–Kier alpha value is -1.75. The molecule has 0 radical (unpaired) electrons. The molecule has 2 atom stereocenters. The van der Waals surface area contributed by atoms with Crippen LogP contribution in [0.3, 0.4) is 0 Å². The van der Waals surface area contributed by atoms with E-state index in [0.29, 0.717) is 30.6 Å². The van der Waals surface area contributed by atoms with Crippen molar-refractivity contribution in [2.24, 2.45) is 5.92 Å². The van der Waals surface area contributed by atoms with Crippen molar-refractivity contribution in [3.8, 4) is 0 Å². The van der Waals surface area contributed by atoms with E-state index < -0.39 is 0 Å². The molecule has 25 heavy (non-hydrogen) atoms. The summed E-state index contributed by atoms with van der Waals surface area (Å²) in [4.78, 5) is 28.3. The number of benzene rings is 1. The van der Waals surface area contributed by atoms with E-state index in [1.807, 2.05) is 24.3 Å². The van der Waals surface area contributed by atoms with Gasteiger partial charge in [-0.25, -0.2) is 4.79 Å². The second kappa shape index (κ2) is 8.09.